The van der Waals surface area contributed by atoms with Gasteiger partial charge in [-0.15, -0.1) is 0 Å². The summed E-state index contributed by atoms with van der Waals surface area (Å²) in [7, 11) is 0. The molecule has 0 saturated carbocycles. The fraction of sp³-hybridized carbons (Fsp3) is 0.600. The van der Waals surface area contributed by atoms with Crippen LogP contribution in [0.25, 0.3) is 0 Å². The molecule has 0 fully saturated rings. The van der Waals surface area contributed by atoms with Crippen LogP contribution in [0.3, 0.4) is 0 Å². The summed E-state index contributed by atoms with van der Waals surface area (Å²) in [6.45, 7) is 1.44. The van der Waals surface area contributed by atoms with Crippen molar-refractivity contribution < 1.29 is 0 Å². The molecular formula is C5H17N5. The van der Waals surface area contributed by atoms with Gasteiger partial charge in [0.25, 0.3) is 0 Å². The third kappa shape index (κ3) is 27.7. The van der Waals surface area contributed by atoms with Crippen LogP contribution in [0.4, 0.5) is 0 Å². The van der Waals surface area contributed by atoms with Crippen molar-refractivity contribution in [3.8, 4) is 0 Å². The molecule has 0 radical (unpaired) electrons. The van der Waals surface area contributed by atoms with Crippen LogP contribution in [0.15, 0.2) is 12.0 Å². The summed E-state index contributed by atoms with van der Waals surface area (Å²) in [6, 6.07) is 0. The molecule has 10 heavy (non-hydrogen) atoms. The average molecular weight is 147 g/mol. The molecule has 62 valence electrons. The van der Waals surface area contributed by atoms with E-state index in [1.165, 1.54) is 0 Å². The van der Waals surface area contributed by atoms with Gasteiger partial charge in [-0.2, -0.15) is 0 Å². The Morgan fingerprint density at radius 3 is 1.40 bits per heavy atom. The minimum absolute atomic E-state index is 0.157. The molecule has 0 aliphatic rings. The van der Waals surface area contributed by atoms with Gasteiger partial charge in [0, 0.05) is 6.20 Å². The zero-order chi connectivity index (χ0) is 8.41. The number of rotatable bonds is 2. The molecule has 0 aliphatic carbocycles. The lowest BCUT2D eigenvalue weighted by Gasteiger charge is -1.81. The molecule has 0 atom stereocenters. The van der Waals surface area contributed by atoms with E-state index in [-0.39, 0.29) is 5.82 Å². The van der Waals surface area contributed by atoms with E-state index in [9.17, 15) is 0 Å². The van der Waals surface area contributed by atoms with Gasteiger partial charge in [-0.1, -0.05) is 0 Å². The van der Waals surface area contributed by atoms with E-state index < -0.39 is 0 Å². The normalized spacial score (nSPS) is 7.40. The third-order valence-corrected chi connectivity index (χ3v) is 0.601. The van der Waals surface area contributed by atoms with Crippen LogP contribution in [-0.2, 0) is 0 Å². The summed E-state index contributed by atoms with van der Waals surface area (Å²) in [6.07, 6.45) is 2.08. The van der Waals surface area contributed by atoms with Crippen LogP contribution in [0.2, 0.25) is 0 Å². The first-order chi connectivity index (χ1) is 4.68. The predicted octanol–water partition coefficient (Wildman–Crippen LogP) is -2.04. The van der Waals surface area contributed by atoms with Crippen LogP contribution in [0, 0.1) is 0 Å². The highest BCUT2D eigenvalue weighted by atomic mass is 14.8. The predicted molar refractivity (Wildman–Crippen MR) is 43.4 cm³/mol. The van der Waals surface area contributed by atoms with Crippen LogP contribution in [0.5, 0.6) is 0 Å². The topological polar surface area (TPSA) is 130 Å². The summed E-state index contributed by atoms with van der Waals surface area (Å²) in [5.74, 6) is 0.157. The summed E-state index contributed by atoms with van der Waals surface area (Å²) in [5, 5.41) is 0. The number of nitrogens with two attached hydrogens (primary N) is 5. The highest BCUT2D eigenvalue weighted by molar-refractivity contribution is 4.83. The van der Waals surface area contributed by atoms with Crippen molar-refractivity contribution in [3.05, 3.63) is 12.0 Å². The van der Waals surface area contributed by atoms with Crippen LogP contribution in [0.1, 0.15) is 6.42 Å². The second-order valence-corrected chi connectivity index (χ2v) is 1.60. The van der Waals surface area contributed by atoms with E-state index in [1.807, 2.05) is 0 Å². The standard InChI is InChI=1S/C3H10N2.C2H7N3/c4-2-1-3-5;3-1-2(4)5/h1-5H2;1H,3-5H2. The maximum absolute atomic E-state index is 5.06. The van der Waals surface area contributed by atoms with Crippen molar-refractivity contribution in [1.29, 1.82) is 0 Å². The van der Waals surface area contributed by atoms with Crippen LogP contribution in [-0.4, -0.2) is 13.1 Å². The smallest absolute Gasteiger partial charge is 0.109 e. The first-order valence-corrected chi connectivity index (χ1v) is 3.02. The molecule has 10 N–H and O–H groups in total. The number of hydrogen-bond donors (Lipinski definition) is 5. The van der Waals surface area contributed by atoms with Gasteiger partial charge in [0.2, 0.25) is 0 Å². The van der Waals surface area contributed by atoms with Crippen molar-refractivity contribution >= 4 is 0 Å². The lowest BCUT2D eigenvalue weighted by molar-refractivity contribution is 0.844. The lowest BCUT2D eigenvalue weighted by Crippen LogP contribution is -2.09. The van der Waals surface area contributed by atoms with Gasteiger partial charge in [-0.05, 0) is 19.5 Å². The van der Waals surface area contributed by atoms with Crippen molar-refractivity contribution in [3.63, 3.8) is 0 Å². The summed E-state index contributed by atoms with van der Waals surface area (Å²) in [5.41, 5.74) is 24.5. The minimum atomic E-state index is 0.157. The zero-order valence-electron chi connectivity index (χ0n) is 6.09. The average Bonchev–Trinajstić information content (AvgIpc) is 1.91. The summed E-state index contributed by atoms with van der Waals surface area (Å²) in [4.78, 5) is 0. The Kier molecular flexibility index (Phi) is 12.9. The van der Waals surface area contributed by atoms with Gasteiger partial charge in [0.05, 0.1) is 0 Å². The Bertz CT molecular complexity index is 74.1. The molecule has 0 aromatic carbocycles. The number of hydrogen-bond acceptors (Lipinski definition) is 5. The quantitative estimate of drug-likeness (QED) is 0.307. The maximum Gasteiger partial charge on any atom is 0.109 e. The van der Waals surface area contributed by atoms with Crippen molar-refractivity contribution in [2.75, 3.05) is 13.1 Å². The Balaban J connectivity index is 0. The first kappa shape index (κ1) is 11.8. The fourth-order valence-corrected chi connectivity index (χ4v) is 0.118. The van der Waals surface area contributed by atoms with E-state index >= 15 is 0 Å². The van der Waals surface area contributed by atoms with Gasteiger partial charge in [0.15, 0.2) is 0 Å². The molecule has 0 bridgehead atoms. The molecule has 0 aromatic heterocycles. The third-order valence-electron chi connectivity index (χ3n) is 0.601. The fourth-order valence-electron chi connectivity index (χ4n) is 0.118. The monoisotopic (exact) mass is 147 g/mol. The van der Waals surface area contributed by atoms with E-state index in [0.717, 1.165) is 25.7 Å². The lowest BCUT2D eigenvalue weighted by atomic mass is 10.4. The van der Waals surface area contributed by atoms with Gasteiger partial charge in [-0.25, -0.2) is 0 Å². The van der Waals surface area contributed by atoms with Gasteiger partial charge in [-0.3, -0.25) is 0 Å². The second kappa shape index (κ2) is 10.9. The van der Waals surface area contributed by atoms with Crippen molar-refractivity contribution in [2.24, 2.45) is 28.7 Å². The van der Waals surface area contributed by atoms with Crippen LogP contribution < -0.4 is 28.7 Å². The largest absolute Gasteiger partial charge is 0.402 e. The molecule has 0 spiro atoms. The van der Waals surface area contributed by atoms with Gasteiger partial charge < -0.3 is 28.7 Å². The van der Waals surface area contributed by atoms with E-state index in [2.05, 4.69) is 0 Å². The van der Waals surface area contributed by atoms with E-state index in [0.29, 0.717) is 0 Å². The summed E-state index contributed by atoms with van der Waals surface area (Å²) >= 11 is 0. The Labute approximate surface area is 61.2 Å². The maximum atomic E-state index is 5.06. The molecule has 5 nitrogen and oxygen atoms in total. The second-order valence-electron chi connectivity index (χ2n) is 1.60. The molecule has 0 saturated heterocycles. The molecule has 5 heteroatoms. The molecule has 0 rings (SSSR count). The van der Waals surface area contributed by atoms with E-state index in [1.54, 1.807) is 0 Å². The Hall–Kier alpha value is -0.940. The molecule has 0 amide bonds. The molecular weight excluding hydrogens is 130 g/mol. The van der Waals surface area contributed by atoms with Crippen molar-refractivity contribution in [2.45, 2.75) is 6.42 Å². The van der Waals surface area contributed by atoms with E-state index in [4.69, 9.17) is 28.7 Å². The highest BCUT2D eigenvalue weighted by Gasteiger charge is 1.67. The zero-order valence-corrected chi connectivity index (χ0v) is 6.09. The Morgan fingerprint density at radius 2 is 1.40 bits per heavy atom. The van der Waals surface area contributed by atoms with Crippen molar-refractivity contribution in [1.82, 2.24) is 0 Å². The molecule has 0 aliphatic heterocycles. The molecule has 0 heterocycles. The highest BCUT2D eigenvalue weighted by Crippen LogP contribution is 1.58. The summed E-state index contributed by atoms with van der Waals surface area (Å²) < 4.78 is 0. The molecule has 0 unspecified atom stereocenters. The SMILES string of the molecule is NC=C(N)N.NCCCN. The van der Waals surface area contributed by atoms with Gasteiger partial charge in [0.1, 0.15) is 5.82 Å². The molecule has 0 aromatic rings. The minimum Gasteiger partial charge on any atom is -0.402 e. The Morgan fingerprint density at radius 1 is 1.10 bits per heavy atom. The van der Waals surface area contributed by atoms with Crippen LogP contribution >= 0.6 is 0 Å². The first-order valence-electron chi connectivity index (χ1n) is 3.02. The van der Waals surface area contributed by atoms with Gasteiger partial charge >= 0.3 is 0 Å².